The number of aliphatic hydroxyl groups excluding tert-OH is 1. The summed E-state index contributed by atoms with van der Waals surface area (Å²) in [5.74, 6) is 2.03. The summed E-state index contributed by atoms with van der Waals surface area (Å²) in [6.07, 6.45) is 2.64. The molecule has 0 saturated carbocycles. The third kappa shape index (κ3) is 3.86. The van der Waals surface area contributed by atoms with Crippen molar-refractivity contribution in [2.24, 2.45) is 7.05 Å². The van der Waals surface area contributed by atoms with Crippen LogP contribution in [0, 0.1) is 0 Å². The fourth-order valence-corrected chi connectivity index (χ4v) is 5.54. The van der Waals surface area contributed by atoms with Gasteiger partial charge in [0.2, 0.25) is 0 Å². The van der Waals surface area contributed by atoms with Crippen LogP contribution in [0.4, 0.5) is 0 Å². The van der Waals surface area contributed by atoms with Crippen molar-refractivity contribution in [2.75, 3.05) is 13.1 Å². The zero-order valence-corrected chi connectivity index (χ0v) is 19.0. The highest BCUT2D eigenvalue weighted by Gasteiger charge is 2.36. The Morgan fingerprint density at radius 3 is 2.67 bits per heavy atom. The fraction of sp³-hybridized carbons (Fsp3) is 0.385. The van der Waals surface area contributed by atoms with Crippen LogP contribution in [0.1, 0.15) is 35.2 Å². The van der Waals surface area contributed by atoms with Gasteiger partial charge in [-0.15, -0.1) is 10.2 Å². The largest absolute Gasteiger partial charge is 0.392 e. The molecular formula is C26H30N6O. The van der Waals surface area contributed by atoms with Crippen molar-refractivity contribution in [3.63, 3.8) is 0 Å². The third-order valence-corrected chi connectivity index (χ3v) is 7.14. The highest BCUT2D eigenvalue weighted by molar-refractivity contribution is 5.83. The predicted molar refractivity (Wildman–Crippen MR) is 127 cm³/mol. The predicted octanol–water partition coefficient (Wildman–Crippen LogP) is 3.09. The van der Waals surface area contributed by atoms with E-state index in [1.165, 1.54) is 22.0 Å². The van der Waals surface area contributed by atoms with Crippen molar-refractivity contribution in [3.05, 3.63) is 83.6 Å². The summed E-state index contributed by atoms with van der Waals surface area (Å²) >= 11 is 0. The molecule has 6 rings (SSSR count). The summed E-state index contributed by atoms with van der Waals surface area (Å²) in [6, 6.07) is 19.2. The van der Waals surface area contributed by atoms with Gasteiger partial charge in [-0.3, -0.25) is 9.80 Å². The number of β-amino-alcohol motifs (C(OH)–C–C–N with tert-alkyl or cyclic N) is 1. The number of rotatable bonds is 5. The Bertz CT molecular complexity index is 1260. The van der Waals surface area contributed by atoms with Crippen LogP contribution >= 0.6 is 0 Å². The molecule has 1 fully saturated rings. The van der Waals surface area contributed by atoms with Gasteiger partial charge in [-0.05, 0) is 23.6 Å². The summed E-state index contributed by atoms with van der Waals surface area (Å²) in [5, 5.41) is 21.0. The van der Waals surface area contributed by atoms with E-state index in [-0.39, 0.29) is 12.1 Å². The molecule has 7 heteroatoms. The lowest BCUT2D eigenvalue weighted by atomic mass is 10.1. The van der Waals surface area contributed by atoms with Gasteiger partial charge in [-0.1, -0.05) is 48.5 Å². The second kappa shape index (κ2) is 8.41. The normalized spacial score (nSPS) is 21.6. The van der Waals surface area contributed by atoms with Crippen LogP contribution in [0.25, 0.3) is 10.9 Å². The Labute approximate surface area is 193 Å². The minimum absolute atomic E-state index is 0.103. The van der Waals surface area contributed by atoms with E-state index < -0.39 is 0 Å². The van der Waals surface area contributed by atoms with E-state index in [2.05, 4.69) is 90.9 Å². The molecule has 0 radical (unpaired) electrons. The molecule has 0 spiro atoms. The van der Waals surface area contributed by atoms with Gasteiger partial charge in [0.15, 0.2) is 5.82 Å². The Kier molecular flexibility index (Phi) is 5.25. The number of para-hydroxylation sites is 1. The van der Waals surface area contributed by atoms with E-state index in [1.54, 1.807) is 0 Å². The van der Waals surface area contributed by atoms with Crippen LogP contribution in [0.2, 0.25) is 0 Å². The summed E-state index contributed by atoms with van der Waals surface area (Å²) in [6.45, 7) is 5.05. The standard InChI is InChI=1S/C26H30N6O/c1-29-15-20(22-9-5-6-10-23(22)29)16-30-11-12-32-25(18-30)27-28-26(32)24-13-21(33)17-31(24)14-19-7-3-2-4-8-19/h2-10,15,21,24,33H,11-14,16-18H2,1H3/t21-,24+/m1/s1. The lowest BCUT2D eigenvalue weighted by Crippen LogP contribution is -2.35. The number of hydrogen-bond acceptors (Lipinski definition) is 5. The topological polar surface area (TPSA) is 62.4 Å². The van der Waals surface area contributed by atoms with E-state index in [0.29, 0.717) is 13.0 Å². The molecule has 33 heavy (non-hydrogen) atoms. The number of aryl methyl sites for hydroxylation is 1. The Balaban J connectivity index is 1.20. The summed E-state index contributed by atoms with van der Waals surface area (Å²) in [5.41, 5.74) is 3.89. The van der Waals surface area contributed by atoms with Gasteiger partial charge >= 0.3 is 0 Å². The maximum Gasteiger partial charge on any atom is 0.150 e. The van der Waals surface area contributed by atoms with Gasteiger partial charge in [0, 0.05) is 56.9 Å². The Morgan fingerprint density at radius 2 is 1.79 bits per heavy atom. The lowest BCUT2D eigenvalue weighted by molar-refractivity contribution is 0.171. The SMILES string of the molecule is Cn1cc(CN2CCn3c(nnc3[C@@H]3C[C@@H](O)CN3Cc3ccccc3)C2)c2ccccc21. The maximum atomic E-state index is 10.4. The van der Waals surface area contributed by atoms with Crippen molar-refractivity contribution >= 4 is 10.9 Å². The Morgan fingerprint density at radius 1 is 0.970 bits per heavy atom. The summed E-state index contributed by atoms with van der Waals surface area (Å²) < 4.78 is 4.50. The Hall–Kier alpha value is -3.00. The van der Waals surface area contributed by atoms with Crippen LogP contribution in [-0.4, -0.2) is 53.4 Å². The van der Waals surface area contributed by atoms with Crippen LogP contribution < -0.4 is 0 Å². The zero-order chi connectivity index (χ0) is 22.4. The number of fused-ring (bicyclic) bond motifs is 2. The molecule has 2 atom stereocenters. The monoisotopic (exact) mass is 442 g/mol. The van der Waals surface area contributed by atoms with Crippen molar-refractivity contribution in [2.45, 2.75) is 44.7 Å². The molecule has 170 valence electrons. The first kappa shape index (κ1) is 20.6. The molecule has 7 nitrogen and oxygen atoms in total. The molecule has 2 aliphatic rings. The molecule has 0 unspecified atom stereocenters. The lowest BCUT2D eigenvalue weighted by Gasteiger charge is -2.29. The number of likely N-dealkylation sites (tertiary alicyclic amines) is 1. The number of aromatic nitrogens is 4. The van der Waals surface area contributed by atoms with Crippen LogP contribution in [0.3, 0.4) is 0 Å². The summed E-state index contributed by atoms with van der Waals surface area (Å²) in [4.78, 5) is 4.81. The van der Waals surface area contributed by atoms with Crippen molar-refractivity contribution in [1.82, 2.24) is 29.1 Å². The van der Waals surface area contributed by atoms with Gasteiger partial charge in [0.05, 0.1) is 18.7 Å². The van der Waals surface area contributed by atoms with E-state index in [0.717, 1.165) is 44.4 Å². The number of nitrogens with zero attached hydrogens (tertiary/aromatic N) is 6. The van der Waals surface area contributed by atoms with Gasteiger partial charge in [0.1, 0.15) is 5.82 Å². The average molecular weight is 443 g/mol. The molecule has 0 aliphatic carbocycles. The molecule has 2 aliphatic heterocycles. The smallest absolute Gasteiger partial charge is 0.150 e. The highest BCUT2D eigenvalue weighted by atomic mass is 16.3. The zero-order valence-electron chi connectivity index (χ0n) is 19.0. The van der Waals surface area contributed by atoms with Crippen LogP contribution in [0.15, 0.2) is 60.8 Å². The minimum atomic E-state index is -0.321. The van der Waals surface area contributed by atoms with E-state index in [1.807, 2.05) is 6.07 Å². The van der Waals surface area contributed by atoms with Crippen molar-refractivity contribution in [3.8, 4) is 0 Å². The van der Waals surface area contributed by atoms with Gasteiger partial charge in [-0.2, -0.15) is 0 Å². The van der Waals surface area contributed by atoms with Gasteiger partial charge in [-0.25, -0.2) is 0 Å². The van der Waals surface area contributed by atoms with Gasteiger partial charge < -0.3 is 14.2 Å². The molecule has 1 N–H and O–H groups in total. The molecule has 4 heterocycles. The summed E-state index contributed by atoms with van der Waals surface area (Å²) in [7, 11) is 2.11. The van der Waals surface area contributed by atoms with E-state index in [4.69, 9.17) is 0 Å². The first-order chi connectivity index (χ1) is 16.2. The van der Waals surface area contributed by atoms with Crippen molar-refractivity contribution < 1.29 is 5.11 Å². The molecule has 0 amide bonds. The van der Waals surface area contributed by atoms with Crippen molar-refractivity contribution in [1.29, 1.82) is 0 Å². The second-order valence-corrected chi connectivity index (χ2v) is 9.44. The molecular weight excluding hydrogens is 412 g/mol. The molecule has 2 aromatic carbocycles. The number of hydrogen-bond donors (Lipinski definition) is 1. The average Bonchev–Trinajstić information content (AvgIpc) is 3.50. The number of benzene rings is 2. The van der Waals surface area contributed by atoms with Crippen LogP contribution in [0.5, 0.6) is 0 Å². The molecule has 1 saturated heterocycles. The minimum Gasteiger partial charge on any atom is -0.392 e. The van der Waals surface area contributed by atoms with Crippen LogP contribution in [-0.2, 0) is 33.2 Å². The quantitative estimate of drug-likeness (QED) is 0.515. The van der Waals surface area contributed by atoms with Gasteiger partial charge in [0.25, 0.3) is 0 Å². The first-order valence-electron chi connectivity index (χ1n) is 11.8. The molecule has 0 bridgehead atoms. The number of aliphatic hydroxyl groups is 1. The fourth-order valence-electron chi connectivity index (χ4n) is 5.54. The maximum absolute atomic E-state index is 10.4. The molecule has 4 aromatic rings. The highest BCUT2D eigenvalue weighted by Crippen LogP contribution is 2.34. The second-order valence-electron chi connectivity index (χ2n) is 9.44. The molecule has 2 aromatic heterocycles. The van der Waals surface area contributed by atoms with E-state index >= 15 is 0 Å². The third-order valence-electron chi connectivity index (χ3n) is 7.14. The van der Waals surface area contributed by atoms with E-state index in [9.17, 15) is 5.11 Å². The first-order valence-corrected chi connectivity index (χ1v) is 11.8.